The van der Waals surface area contributed by atoms with Gasteiger partial charge in [0, 0.05) is 46.0 Å². The lowest BCUT2D eigenvalue weighted by molar-refractivity contribution is 0.384. The summed E-state index contributed by atoms with van der Waals surface area (Å²) >= 11 is 0. The maximum Gasteiger partial charge on any atom is 0.328 e. The molecule has 1 fully saturated rings. The van der Waals surface area contributed by atoms with Gasteiger partial charge in [-0.05, 0) is 36.8 Å². The highest BCUT2D eigenvalue weighted by Gasteiger charge is 2.30. The molecule has 0 amide bonds. The van der Waals surface area contributed by atoms with E-state index in [9.17, 15) is 13.2 Å². The van der Waals surface area contributed by atoms with Crippen molar-refractivity contribution in [1.29, 1.82) is 0 Å². The van der Waals surface area contributed by atoms with Crippen molar-refractivity contribution in [2.75, 3.05) is 31.1 Å². The Kier molecular flexibility index (Phi) is 4.55. The van der Waals surface area contributed by atoms with Crippen molar-refractivity contribution in [2.24, 2.45) is 14.1 Å². The first-order valence-corrected chi connectivity index (χ1v) is 10.7. The zero-order valence-electron chi connectivity index (χ0n) is 16.3. The molecule has 8 heteroatoms. The summed E-state index contributed by atoms with van der Waals surface area (Å²) in [4.78, 5) is 14.7. The number of piperazine rings is 1. The Labute approximate surface area is 164 Å². The van der Waals surface area contributed by atoms with E-state index in [1.54, 1.807) is 37.5 Å². The highest BCUT2D eigenvalue weighted by molar-refractivity contribution is 7.89. The summed E-state index contributed by atoms with van der Waals surface area (Å²) in [6.07, 6.45) is 0. The van der Waals surface area contributed by atoms with Crippen molar-refractivity contribution < 1.29 is 8.42 Å². The first kappa shape index (κ1) is 18.8. The van der Waals surface area contributed by atoms with Crippen LogP contribution in [-0.4, -0.2) is 48.0 Å². The minimum absolute atomic E-state index is 0.166. The van der Waals surface area contributed by atoms with E-state index < -0.39 is 10.0 Å². The van der Waals surface area contributed by atoms with Gasteiger partial charge < -0.3 is 4.90 Å². The van der Waals surface area contributed by atoms with Crippen LogP contribution in [0.1, 0.15) is 5.56 Å². The van der Waals surface area contributed by atoms with Crippen LogP contribution in [0.15, 0.2) is 52.2 Å². The first-order valence-electron chi connectivity index (χ1n) is 9.27. The predicted octanol–water partition coefficient (Wildman–Crippen LogP) is 1.70. The Bertz CT molecular complexity index is 1190. The number of aromatic nitrogens is 2. The molecule has 3 aromatic rings. The summed E-state index contributed by atoms with van der Waals surface area (Å²) in [6.45, 7) is 3.94. The molecule has 28 heavy (non-hydrogen) atoms. The molecule has 1 aliphatic rings. The van der Waals surface area contributed by atoms with Crippen LogP contribution in [0.4, 0.5) is 5.69 Å². The molecule has 148 valence electrons. The average Bonchev–Trinajstić information content (AvgIpc) is 2.92. The highest BCUT2D eigenvalue weighted by Crippen LogP contribution is 2.26. The van der Waals surface area contributed by atoms with E-state index in [2.05, 4.69) is 4.90 Å². The smallest absolute Gasteiger partial charge is 0.328 e. The van der Waals surface area contributed by atoms with Gasteiger partial charge in [0.2, 0.25) is 10.0 Å². The molecule has 0 N–H and O–H groups in total. The molecule has 7 nitrogen and oxygen atoms in total. The van der Waals surface area contributed by atoms with Gasteiger partial charge in [-0.2, -0.15) is 4.31 Å². The molecule has 4 rings (SSSR count). The van der Waals surface area contributed by atoms with Gasteiger partial charge in [-0.3, -0.25) is 9.13 Å². The Hall–Kier alpha value is -2.58. The lowest BCUT2D eigenvalue weighted by Crippen LogP contribution is -2.48. The third kappa shape index (κ3) is 2.93. The number of rotatable bonds is 3. The van der Waals surface area contributed by atoms with Crippen LogP contribution in [0.3, 0.4) is 0 Å². The topological polar surface area (TPSA) is 67.6 Å². The molecule has 0 radical (unpaired) electrons. The summed E-state index contributed by atoms with van der Waals surface area (Å²) in [5.74, 6) is 0. The van der Waals surface area contributed by atoms with Crippen molar-refractivity contribution >= 4 is 26.7 Å². The zero-order chi connectivity index (χ0) is 20.1. The van der Waals surface area contributed by atoms with Gasteiger partial charge in [-0.15, -0.1) is 0 Å². The number of hydrogen-bond donors (Lipinski definition) is 0. The van der Waals surface area contributed by atoms with Crippen LogP contribution in [0.25, 0.3) is 11.0 Å². The van der Waals surface area contributed by atoms with Crippen LogP contribution in [-0.2, 0) is 24.1 Å². The second-order valence-electron chi connectivity index (χ2n) is 7.23. The number of nitrogens with zero attached hydrogens (tertiary/aromatic N) is 4. The SMILES string of the molecule is Cc1cc2c(cc1S(=O)(=O)N1CCN(c3ccccc3)CC1)n(C)c(=O)n2C. The summed E-state index contributed by atoms with van der Waals surface area (Å²) < 4.78 is 31.2. The third-order valence-electron chi connectivity index (χ3n) is 5.55. The fraction of sp³-hybridized carbons (Fsp3) is 0.350. The van der Waals surface area contributed by atoms with Gasteiger partial charge in [0.25, 0.3) is 0 Å². The summed E-state index contributed by atoms with van der Waals surface area (Å²) in [7, 11) is -0.271. The Morgan fingerprint density at radius 2 is 1.43 bits per heavy atom. The van der Waals surface area contributed by atoms with Crippen molar-refractivity contribution in [1.82, 2.24) is 13.4 Å². The van der Waals surface area contributed by atoms with Crippen molar-refractivity contribution in [3.63, 3.8) is 0 Å². The van der Waals surface area contributed by atoms with Crippen LogP contribution >= 0.6 is 0 Å². The molecule has 0 atom stereocenters. The zero-order valence-corrected chi connectivity index (χ0v) is 17.1. The number of hydrogen-bond acceptors (Lipinski definition) is 4. The van der Waals surface area contributed by atoms with Crippen LogP contribution < -0.4 is 10.6 Å². The molecule has 0 unspecified atom stereocenters. The summed E-state index contributed by atoms with van der Waals surface area (Å²) in [6, 6.07) is 13.4. The second-order valence-corrected chi connectivity index (χ2v) is 9.14. The number of benzene rings is 2. The van der Waals surface area contributed by atoms with E-state index in [1.165, 1.54) is 9.13 Å². The number of sulfonamides is 1. The fourth-order valence-electron chi connectivity index (χ4n) is 3.87. The summed E-state index contributed by atoms with van der Waals surface area (Å²) in [5.41, 5.74) is 2.95. The maximum absolute atomic E-state index is 13.3. The molecule has 0 aliphatic carbocycles. The Morgan fingerprint density at radius 3 is 2.04 bits per heavy atom. The van der Waals surface area contributed by atoms with Crippen LogP contribution in [0.2, 0.25) is 0 Å². The quantitative estimate of drug-likeness (QED) is 0.671. The van der Waals surface area contributed by atoms with Crippen molar-refractivity contribution in [2.45, 2.75) is 11.8 Å². The van der Waals surface area contributed by atoms with Crippen LogP contribution in [0, 0.1) is 6.92 Å². The molecule has 2 heterocycles. The lowest BCUT2D eigenvalue weighted by Gasteiger charge is -2.35. The molecular weight excluding hydrogens is 376 g/mol. The predicted molar refractivity (Wildman–Crippen MR) is 110 cm³/mol. The molecule has 1 aromatic heterocycles. The monoisotopic (exact) mass is 400 g/mol. The van der Waals surface area contributed by atoms with Gasteiger partial charge in [0.1, 0.15) is 0 Å². The van der Waals surface area contributed by atoms with E-state index in [0.29, 0.717) is 37.3 Å². The van der Waals surface area contributed by atoms with Gasteiger partial charge in [0.15, 0.2) is 0 Å². The Morgan fingerprint density at radius 1 is 0.857 bits per heavy atom. The van der Waals surface area contributed by atoms with E-state index in [0.717, 1.165) is 11.2 Å². The number of anilines is 1. The second kappa shape index (κ2) is 6.79. The molecule has 1 aliphatic heterocycles. The first-order chi connectivity index (χ1) is 13.3. The van der Waals surface area contributed by atoms with Crippen molar-refractivity contribution in [3.8, 4) is 0 Å². The van der Waals surface area contributed by atoms with Crippen molar-refractivity contribution in [3.05, 3.63) is 58.5 Å². The molecule has 1 saturated heterocycles. The number of para-hydroxylation sites is 1. The highest BCUT2D eigenvalue weighted by atomic mass is 32.2. The van der Waals surface area contributed by atoms with E-state index in [1.807, 2.05) is 30.3 Å². The lowest BCUT2D eigenvalue weighted by atomic mass is 10.2. The largest absolute Gasteiger partial charge is 0.369 e. The average molecular weight is 401 g/mol. The fourth-order valence-corrected chi connectivity index (χ4v) is 5.52. The number of imidazole rings is 1. The van der Waals surface area contributed by atoms with E-state index >= 15 is 0 Å². The van der Waals surface area contributed by atoms with Gasteiger partial charge in [-0.1, -0.05) is 18.2 Å². The normalized spacial score (nSPS) is 16.0. The molecule has 0 saturated carbocycles. The Balaban J connectivity index is 1.65. The van der Waals surface area contributed by atoms with Crippen LogP contribution in [0.5, 0.6) is 0 Å². The van der Waals surface area contributed by atoms with Gasteiger partial charge in [-0.25, -0.2) is 13.2 Å². The standard InChI is InChI=1S/C20H24N4O3S/c1-15-13-17-18(22(3)20(25)21(17)2)14-19(15)28(26,27)24-11-9-23(10-12-24)16-7-5-4-6-8-16/h4-8,13-14H,9-12H2,1-3H3. The molecular formula is C20H24N4O3S. The third-order valence-corrected chi connectivity index (χ3v) is 7.59. The maximum atomic E-state index is 13.3. The molecule has 2 aromatic carbocycles. The molecule has 0 bridgehead atoms. The summed E-state index contributed by atoms with van der Waals surface area (Å²) in [5, 5.41) is 0. The minimum atomic E-state index is -3.63. The van der Waals surface area contributed by atoms with Gasteiger partial charge in [0.05, 0.1) is 15.9 Å². The molecule has 0 spiro atoms. The number of fused-ring (bicyclic) bond motifs is 1. The van der Waals surface area contributed by atoms with E-state index in [4.69, 9.17) is 0 Å². The number of aryl methyl sites for hydroxylation is 3. The minimum Gasteiger partial charge on any atom is -0.369 e. The van der Waals surface area contributed by atoms with E-state index in [-0.39, 0.29) is 10.6 Å². The van der Waals surface area contributed by atoms with Gasteiger partial charge >= 0.3 is 5.69 Å².